The van der Waals surface area contributed by atoms with Gasteiger partial charge in [0.15, 0.2) is 0 Å². The highest BCUT2D eigenvalue weighted by Crippen LogP contribution is 2.34. The first-order chi connectivity index (χ1) is 19.1. The minimum Gasteiger partial charge on any atom is -0.207 e. The molecule has 1 saturated carbocycles. The number of hydrogen-bond donors (Lipinski definition) is 0. The van der Waals surface area contributed by atoms with Crippen molar-refractivity contribution in [2.75, 3.05) is 0 Å². The van der Waals surface area contributed by atoms with Gasteiger partial charge in [-0.15, -0.1) is 0 Å². The first-order valence-corrected chi connectivity index (χ1v) is 15.6. The molecule has 1 aliphatic rings. The predicted molar refractivity (Wildman–Crippen MR) is 166 cm³/mol. The number of unbranched alkanes of at least 4 members (excludes halogenated alkanes) is 2. The third-order valence-corrected chi connectivity index (χ3v) is 8.72. The zero-order valence-electron chi connectivity index (χ0n) is 24.5. The molecule has 1 heteroatoms. The second-order valence-electron chi connectivity index (χ2n) is 11.6. The Labute approximate surface area is 237 Å². The van der Waals surface area contributed by atoms with Gasteiger partial charge in [-0.05, 0) is 90.0 Å². The average Bonchev–Trinajstić information content (AvgIpc) is 2.97. The lowest BCUT2D eigenvalue weighted by molar-refractivity contribution is 0.252. The van der Waals surface area contributed by atoms with Gasteiger partial charge >= 0.3 is 0 Å². The van der Waals surface area contributed by atoms with Crippen LogP contribution >= 0.6 is 0 Å². The summed E-state index contributed by atoms with van der Waals surface area (Å²) in [7, 11) is 0. The van der Waals surface area contributed by atoms with E-state index in [9.17, 15) is 4.39 Å². The van der Waals surface area contributed by atoms with Gasteiger partial charge in [-0.3, -0.25) is 0 Å². The van der Waals surface area contributed by atoms with Crippen LogP contribution in [0.1, 0.15) is 113 Å². The van der Waals surface area contributed by atoms with E-state index in [1.165, 1.54) is 68.1 Å². The summed E-state index contributed by atoms with van der Waals surface area (Å²) in [5, 5.41) is 0. The predicted octanol–water partition coefficient (Wildman–Crippen LogP) is 10.7. The SMILES string of the molecule is CCCCCc1cc(CC)c(C#Cc2ccc(-c3ccc(CCC4CCC(CCC)CC4)cc3)cc2)cc1F. The molecule has 1 fully saturated rings. The van der Waals surface area contributed by atoms with Gasteiger partial charge in [-0.1, -0.05) is 126 Å². The van der Waals surface area contributed by atoms with E-state index in [0.717, 1.165) is 66.2 Å². The molecule has 0 saturated heterocycles. The molecule has 0 nitrogen and oxygen atoms in total. The Hall–Kier alpha value is -2.85. The van der Waals surface area contributed by atoms with Crippen molar-refractivity contribution in [1.82, 2.24) is 0 Å². The molecule has 1 aliphatic carbocycles. The van der Waals surface area contributed by atoms with Crippen LogP contribution in [-0.2, 0) is 19.3 Å². The molecular formula is C38H47F. The van der Waals surface area contributed by atoms with E-state index in [1.807, 2.05) is 6.07 Å². The lowest BCUT2D eigenvalue weighted by Crippen LogP contribution is -2.15. The van der Waals surface area contributed by atoms with Crippen molar-refractivity contribution in [2.24, 2.45) is 11.8 Å². The van der Waals surface area contributed by atoms with Crippen LogP contribution in [-0.4, -0.2) is 0 Å². The number of aryl methyl sites for hydroxylation is 3. The van der Waals surface area contributed by atoms with Gasteiger partial charge < -0.3 is 0 Å². The molecule has 0 unspecified atom stereocenters. The Kier molecular flexibility index (Phi) is 11.3. The van der Waals surface area contributed by atoms with Crippen LogP contribution in [0.2, 0.25) is 0 Å². The standard InChI is InChI=1S/C38H47F/c1-4-7-8-10-37-27-33(6-3)36(28-38(37)39)26-21-32-19-24-35(25-20-32)34-22-17-31(18-23-34)16-15-30-13-11-29(9-5-2)12-14-30/h17-20,22-25,27-30H,4-16H2,1-3H3. The molecule has 0 radical (unpaired) electrons. The molecule has 3 aromatic rings. The maximum atomic E-state index is 14.7. The minimum atomic E-state index is -0.120. The highest BCUT2D eigenvalue weighted by atomic mass is 19.1. The molecule has 0 aromatic heterocycles. The Morgan fingerprint density at radius 3 is 1.92 bits per heavy atom. The molecule has 0 amide bonds. The molecule has 0 bridgehead atoms. The van der Waals surface area contributed by atoms with Crippen LogP contribution in [0.4, 0.5) is 4.39 Å². The van der Waals surface area contributed by atoms with Gasteiger partial charge in [0.25, 0.3) is 0 Å². The summed E-state index contributed by atoms with van der Waals surface area (Å²) in [6, 6.07) is 21.2. The van der Waals surface area contributed by atoms with E-state index in [2.05, 4.69) is 81.1 Å². The topological polar surface area (TPSA) is 0 Å². The van der Waals surface area contributed by atoms with Gasteiger partial charge in [-0.2, -0.15) is 0 Å². The highest BCUT2D eigenvalue weighted by Gasteiger charge is 2.20. The second-order valence-corrected chi connectivity index (χ2v) is 11.6. The van der Waals surface area contributed by atoms with E-state index in [-0.39, 0.29) is 5.82 Å². The van der Waals surface area contributed by atoms with Gasteiger partial charge in [0.2, 0.25) is 0 Å². The van der Waals surface area contributed by atoms with E-state index in [1.54, 1.807) is 6.07 Å². The largest absolute Gasteiger partial charge is 0.207 e. The van der Waals surface area contributed by atoms with Crippen molar-refractivity contribution >= 4 is 0 Å². The Bertz CT molecular complexity index is 1210. The molecule has 0 spiro atoms. The summed E-state index contributed by atoms with van der Waals surface area (Å²) >= 11 is 0. The Morgan fingerprint density at radius 1 is 0.667 bits per heavy atom. The fraction of sp³-hybridized carbons (Fsp3) is 0.474. The summed E-state index contributed by atoms with van der Waals surface area (Å²) in [5.74, 6) is 8.29. The number of halogens is 1. The molecule has 0 N–H and O–H groups in total. The Balaban J connectivity index is 1.34. The molecular weight excluding hydrogens is 475 g/mol. The number of rotatable bonds is 11. The molecule has 0 atom stereocenters. The third kappa shape index (κ3) is 8.57. The van der Waals surface area contributed by atoms with Crippen molar-refractivity contribution in [3.63, 3.8) is 0 Å². The normalized spacial score (nSPS) is 17.0. The van der Waals surface area contributed by atoms with Crippen molar-refractivity contribution < 1.29 is 4.39 Å². The van der Waals surface area contributed by atoms with Crippen LogP contribution in [0.15, 0.2) is 60.7 Å². The van der Waals surface area contributed by atoms with E-state index in [0.29, 0.717) is 0 Å². The summed E-state index contributed by atoms with van der Waals surface area (Å²) < 4.78 is 14.7. The second kappa shape index (κ2) is 15.1. The van der Waals surface area contributed by atoms with E-state index >= 15 is 0 Å². The van der Waals surface area contributed by atoms with E-state index < -0.39 is 0 Å². The summed E-state index contributed by atoms with van der Waals surface area (Å²) in [4.78, 5) is 0. The van der Waals surface area contributed by atoms with Crippen molar-refractivity contribution in [3.05, 3.63) is 94.3 Å². The lowest BCUT2D eigenvalue weighted by Gasteiger charge is -2.28. The fourth-order valence-corrected chi connectivity index (χ4v) is 6.17. The zero-order chi connectivity index (χ0) is 27.5. The fourth-order valence-electron chi connectivity index (χ4n) is 6.17. The Morgan fingerprint density at radius 2 is 1.31 bits per heavy atom. The first kappa shape index (κ1) is 29.1. The molecule has 3 aromatic carbocycles. The van der Waals surface area contributed by atoms with Crippen molar-refractivity contribution in [1.29, 1.82) is 0 Å². The van der Waals surface area contributed by atoms with Gasteiger partial charge in [0.05, 0.1) is 0 Å². The number of hydrogen-bond acceptors (Lipinski definition) is 0. The van der Waals surface area contributed by atoms with Crippen molar-refractivity contribution in [2.45, 2.75) is 104 Å². The quantitative estimate of drug-likeness (QED) is 0.173. The molecule has 0 heterocycles. The maximum absolute atomic E-state index is 14.7. The average molecular weight is 523 g/mol. The first-order valence-electron chi connectivity index (χ1n) is 15.6. The van der Waals surface area contributed by atoms with Crippen molar-refractivity contribution in [3.8, 4) is 23.0 Å². The molecule has 0 aliphatic heterocycles. The molecule has 4 rings (SSSR count). The number of benzene rings is 3. The van der Waals surface area contributed by atoms with Crippen LogP contribution < -0.4 is 0 Å². The summed E-state index contributed by atoms with van der Waals surface area (Å²) in [6.45, 7) is 6.61. The lowest BCUT2D eigenvalue weighted by atomic mass is 9.78. The summed E-state index contributed by atoms with van der Waals surface area (Å²) in [5.41, 5.74) is 7.63. The van der Waals surface area contributed by atoms with Crippen LogP contribution in [0, 0.1) is 29.5 Å². The van der Waals surface area contributed by atoms with Gasteiger partial charge in [-0.25, -0.2) is 4.39 Å². The van der Waals surface area contributed by atoms with Crippen LogP contribution in [0.3, 0.4) is 0 Å². The molecule has 206 valence electrons. The monoisotopic (exact) mass is 522 g/mol. The third-order valence-electron chi connectivity index (χ3n) is 8.72. The van der Waals surface area contributed by atoms with Gasteiger partial charge in [0.1, 0.15) is 5.82 Å². The van der Waals surface area contributed by atoms with E-state index in [4.69, 9.17) is 0 Å². The highest BCUT2D eigenvalue weighted by molar-refractivity contribution is 5.65. The minimum absolute atomic E-state index is 0.120. The summed E-state index contributed by atoms with van der Waals surface area (Å²) in [6.07, 6.45) is 16.0. The van der Waals surface area contributed by atoms with Crippen LogP contribution in [0.5, 0.6) is 0 Å². The molecule has 39 heavy (non-hydrogen) atoms. The van der Waals surface area contributed by atoms with Crippen LogP contribution in [0.25, 0.3) is 11.1 Å². The zero-order valence-corrected chi connectivity index (χ0v) is 24.5. The maximum Gasteiger partial charge on any atom is 0.127 e. The smallest absolute Gasteiger partial charge is 0.127 e. The van der Waals surface area contributed by atoms with Gasteiger partial charge in [0, 0.05) is 11.1 Å².